The van der Waals surface area contributed by atoms with Gasteiger partial charge in [-0.1, -0.05) is 16.8 Å². The van der Waals surface area contributed by atoms with Crippen LogP contribution >= 0.6 is 11.6 Å². The fraction of sp³-hybridized carbons (Fsp3) is 0.167. The summed E-state index contributed by atoms with van der Waals surface area (Å²) in [5.41, 5.74) is -1.75. The number of aromatic carboxylic acids is 1. The van der Waals surface area contributed by atoms with Crippen molar-refractivity contribution in [1.82, 2.24) is 5.16 Å². The lowest BCUT2D eigenvalue weighted by molar-refractivity contribution is -0.137. The number of alkyl halides is 3. The van der Waals surface area contributed by atoms with Crippen LogP contribution in [-0.4, -0.2) is 23.3 Å². The second kappa shape index (κ2) is 5.28. The smallest absolute Gasteiger partial charge is 0.417 e. The number of aromatic nitrogens is 1. The second-order valence-electron chi connectivity index (χ2n) is 3.91. The maximum Gasteiger partial charge on any atom is 0.417 e. The summed E-state index contributed by atoms with van der Waals surface area (Å²) in [6.45, 7) is 0. The van der Waals surface area contributed by atoms with Gasteiger partial charge >= 0.3 is 12.1 Å². The van der Waals surface area contributed by atoms with Crippen LogP contribution in [0.25, 0.3) is 11.3 Å². The molecule has 0 aliphatic heterocycles. The van der Waals surface area contributed by atoms with E-state index in [1.165, 1.54) is 7.11 Å². The van der Waals surface area contributed by atoms with Crippen LogP contribution in [0.3, 0.4) is 0 Å². The molecule has 21 heavy (non-hydrogen) atoms. The van der Waals surface area contributed by atoms with Gasteiger partial charge in [0.15, 0.2) is 0 Å². The average molecular weight is 322 g/mol. The summed E-state index contributed by atoms with van der Waals surface area (Å²) >= 11 is 5.80. The van der Waals surface area contributed by atoms with E-state index in [2.05, 4.69) is 9.68 Å². The molecule has 0 saturated carbocycles. The number of carbonyl (C=O) groups is 1. The molecule has 0 aliphatic rings. The number of carboxylic acid groups (broad SMARTS) is 1. The van der Waals surface area contributed by atoms with Gasteiger partial charge in [-0.2, -0.15) is 13.2 Å². The highest BCUT2D eigenvalue weighted by Crippen LogP contribution is 2.41. The SMILES string of the molecule is COc1cc(C(F)(F)F)c(-c2cc(C(=O)O)on2)cc1Cl. The van der Waals surface area contributed by atoms with E-state index in [0.29, 0.717) is 6.07 Å². The van der Waals surface area contributed by atoms with Crippen molar-refractivity contribution in [3.05, 3.63) is 34.5 Å². The molecule has 1 heterocycles. The predicted octanol–water partition coefficient (Wildman–Crippen LogP) is 3.72. The van der Waals surface area contributed by atoms with Crippen molar-refractivity contribution < 1.29 is 32.3 Å². The molecule has 0 radical (unpaired) electrons. The van der Waals surface area contributed by atoms with E-state index in [-0.39, 0.29) is 16.5 Å². The summed E-state index contributed by atoms with van der Waals surface area (Å²) in [7, 11) is 1.18. The Balaban J connectivity index is 2.65. The van der Waals surface area contributed by atoms with Gasteiger partial charge in [-0.05, 0) is 12.1 Å². The van der Waals surface area contributed by atoms with E-state index in [1.54, 1.807) is 0 Å². The predicted molar refractivity (Wildman–Crippen MR) is 65.5 cm³/mol. The largest absolute Gasteiger partial charge is 0.495 e. The molecule has 0 aliphatic carbocycles. The van der Waals surface area contributed by atoms with E-state index in [4.69, 9.17) is 21.4 Å². The second-order valence-corrected chi connectivity index (χ2v) is 4.32. The molecular weight excluding hydrogens is 315 g/mol. The molecule has 0 spiro atoms. The van der Waals surface area contributed by atoms with Gasteiger partial charge < -0.3 is 14.4 Å². The van der Waals surface area contributed by atoms with Crippen molar-refractivity contribution in [2.75, 3.05) is 7.11 Å². The first-order valence-electron chi connectivity index (χ1n) is 5.39. The highest BCUT2D eigenvalue weighted by atomic mass is 35.5. The van der Waals surface area contributed by atoms with Crippen LogP contribution in [0.5, 0.6) is 5.75 Å². The number of methoxy groups -OCH3 is 1. The normalized spacial score (nSPS) is 11.5. The van der Waals surface area contributed by atoms with Crippen LogP contribution in [0.2, 0.25) is 5.02 Å². The van der Waals surface area contributed by atoms with E-state index in [1.807, 2.05) is 0 Å². The lowest BCUT2D eigenvalue weighted by Gasteiger charge is -2.13. The molecule has 2 rings (SSSR count). The lowest BCUT2D eigenvalue weighted by atomic mass is 10.0. The summed E-state index contributed by atoms with van der Waals surface area (Å²) in [4.78, 5) is 10.7. The standard InChI is InChI=1S/C12H7ClF3NO4/c1-20-9-3-6(12(14,15)16)5(2-7(9)13)8-4-10(11(18)19)21-17-8/h2-4H,1H3,(H,18,19). The summed E-state index contributed by atoms with van der Waals surface area (Å²) in [5.74, 6) is -2.18. The van der Waals surface area contributed by atoms with E-state index >= 15 is 0 Å². The first-order chi connectivity index (χ1) is 9.74. The van der Waals surface area contributed by atoms with Crippen molar-refractivity contribution in [1.29, 1.82) is 0 Å². The molecule has 1 aromatic heterocycles. The maximum absolute atomic E-state index is 13.1. The molecule has 9 heteroatoms. The zero-order chi connectivity index (χ0) is 15.8. The van der Waals surface area contributed by atoms with E-state index in [0.717, 1.165) is 12.1 Å². The van der Waals surface area contributed by atoms with Gasteiger partial charge in [0.25, 0.3) is 0 Å². The Morgan fingerprint density at radius 2 is 2.05 bits per heavy atom. The highest BCUT2D eigenvalue weighted by Gasteiger charge is 2.36. The maximum atomic E-state index is 13.1. The minimum Gasteiger partial charge on any atom is -0.495 e. The quantitative estimate of drug-likeness (QED) is 0.932. The topological polar surface area (TPSA) is 72.6 Å². The third kappa shape index (κ3) is 2.94. The minimum absolute atomic E-state index is 0.0691. The molecule has 1 aromatic carbocycles. The van der Waals surface area contributed by atoms with Gasteiger partial charge in [0, 0.05) is 11.6 Å². The van der Waals surface area contributed by atoms with Gasteiger partial charge in [0.1, 0.15) is 11.4 Å². The molecule has 0 saturated heterocycles. The first-order valence-corrected chi connectivity index (χ1v) is 5.77. The number of benzene rings is 1. The van der Waals surface area contributed by atoms with Gasteiger partial charge in [0.2, 0.25) is 5.76 Å². The van der Waals surface area contributed by atoms with E-state index in [9.17, 15) is 18.0 Å². The molecule has 0 amide bonds. The summed E-state index contributed by atoms with van der Waals surface area (Å²) in [6.07, 6.45) is -4.70. The van der Waals surface area contributed by atoms with Crippen LogP contribution < -0.4 is 4.74 Å². The summed E-state index contributed by atoms with van der Waals surface area (Å²) in [6, 6.07) is 2.59. The van der Waals surface area contributed by atoms with Crippen molar-refractivity contribution >= 4 is 17.6 Å². The zero-order valence-electron chi connectivity index (χ0n) is 10.4. The summed E-state index contributed by atoms with van der Waals surface area (Å²) in [5, 5.41) is 12.0. The Morgan fingerprint density at radius 1 is 1.38 bits per heavy atom. The van der Waals surface area contributed by atoms with Crippen molar-refractivity contribution in [3.63, 3.8) is 0 Å². The molecule has 2 aromatic rings. The number of hydrogen-bond donors (Lipinski definition) is 1. The fourth-order valence-electron chi connectivity index (χ4n) is 1.66. The molecule has 0 atom stereocenters. The van der Waals surface area contributed by atoms with Crippen LogP contribution in [0, 0.1) is 0 Å². The Hall–Kier alpha value is -2.22. The summed E-state index contributed by atoms with van der Waals surface area (Å²) < 4.78 is 48.4. The Bertz CT molecular complexity index is 696. The van der Waals surface area contributed by atoms with Crippen LogP contribution in [0.4, 0.5) is 13.2 Å². The Labute approximate surface area is 120 Å². The average Bonchev–Trinajstić information content (AvgIpc) is 2.86. The zero-order valence-corrected chi connectivity index (χ0v) is 11.1. The number of ether oxygens (including phenoxy) is 1. The Kier molecular flexibility index (Phi) is 3.82. The third-order valence-corrected chi connectivity index (χ3v) is 2.89. The minimum atomic E-state index is -4.70. The third-order valence-electron chi connectivity index (χ3n) is 2.59. The number of hydrogen-bond acceptors (Lipinski definition) is 4. The number of nitrogens with zero attached hydrogens (tertiary/aromatic N) is 1. The monoisotopic (exact) mass is 321 g/mol. The van der Waals surface area contributed by atoms with Crippen molar-refractivity contribution in [2.24, 2.45) is 0 Å². The van der Waals surface area contributed by atoms with Crippen LogP contribution in [0.15, 0.2) is 22.7 Å². The van der Waals surface area contributed by atoms with Gasteiger partial charge in [-0.25, -0.2) is 4.79 Å². The van der Waals surface area contributed by atoms with Gasteiger partial charge in [-0.15, -0.1) is 0 Å². The first kappa shape index (κ1) is 15.2. The number of halogens is 4. The van der Waals surface area contributed by atoms with Crippen LogP contribution in [0.1, 0.15) is 16.1 Å². The molecule has 0 unspecified atom stereocenters. The fourth-order valence-corrected chi connectivity index (χ4v) is 1.90. The molecule has 1 N–H and O–H groups in total. The number of rotatable bonds is 3. The van der Waals surface area contributed by atoms with Crippen LogP contribution in [-0.2, 0) is 6.18 Å². The molecular formula is C12H7ClF3NO4. The lowest BCUT2D eigenvalue weighted by Crippen LogP contribution is -2.08. The molecule has 112 valence electrons. The number of carboxylic acids is 1. The molecule has 0 fully saturated rings. The van der Waals surface area contributed by atoms with Gasteiger partial charge in [0.05, 0.1) is 17.7 Å². The highest BCUT2D eigenvalue weighted by molar-refractivity contribution is 6.32. The van der Waals surface area contributed by atoms with Crippen molar-refractivity contribution in [2.45, 2.75) is 6.18 Å². The van der Waals surface area contributed by atoms with Crippen molar-refractivity contribution in [3.8, 4) is 17.0 Å². The molecule has 0 bridgehead atoms. The van der Waals surface area contributed by atoms with E-state index < -0.39 is 29.0 Å². The molecule has 5 nitrogen and oxygen atoms in total. The Morgan fingerprint density at radius 3 is 2.52 bits per heavy atom. The van der Waals surface area contributed by atoms with Gasteiger partial charge in [-0.3, -0.25) is 0 Å².